The molecule has 100 valence electrons. The summed E-state index contributed by atoms with van der Waals surface area (Å²) < 4.78 is 32.9. The molecule has 0 unspecified atom stereocenters. The Labute approximate surface area is 118 Å². The molecule has 0 fully saturated rings. The van der Waals surface area contributed by atoms with Gasteiger partial charge in [-0.3, -0.25) is 0 Å². The van der Waals surface area contributed by atoms with Crippen LogP contribution in [0.1, 0.15) is 5.56 Å². The lowest BCUT2D eigenvalue weighted by Gasteiger charge is -2.12. The highest BCUT2D eigenvalue weighted by Gasteiger charge is 2.10. The zero-order chi connectivity index (χ0) is 13.8. The molecule has 0 aliphatic rings. The Hall–Kier alpha value is -1.46. The van der Waals surface area contributed by atoms with Gasteiger partial charge < -0.3 is 10.5 Å². The van der Waals surface area contributed by atoms with Crippen molar-refractivity contribution in [1.82, 2.24) is 0 Å². The van der Waals surface area contributed by atoms with Crippen molar-refractivity contribution in [3.8, 4) is 11.5 Å². The van der Waals surface area contributed by atoms with Crippen molar-refractivity contribution >= 4 is 15.9 Å². The zero-order valence-electron chi connectivity index (χ0n) is 10.00. The van der Waals surface area contributed by atoms with Gasteiger partial charge in [-0.15, -0.1) is 0 Å². The van der Waals surface area contributed by atoms with E-state index in [2.05, 4.69) is 15.9 Å². The van der Waals surface area contributed by atoms with Gasteiger partial charge in [-0.25, -0.2) is 8.78 Å². The van der Waals surface area contributed by atoms with Crippen molar-refractivity contribution in [2.24, 2.45) is 5.73 Å². The number of ether oxygens (including phenoxy) is 1. The van der Waals surface area contributed by atoms with E-state index in [4.69, 9.17) is 10.5 Å². The summed E-state index contributed by atoms with van der Waals surface area (Å²) in [6.07, 6.45) is 0.597. The van der Waals surface area contributed by atoms with E-state index in [1.54, 1.807) is 6.07 Å². The highest BCUT2D eigenvalue weighted by Crippen LogP contribution is 2.30. The molecule has 2 nitrogen and oxygen atoms in total. The van der Waals surface area contributed by atoms with Crippen LogP contribution in [0.3, 0.4) is 0 Å². The molecule has 2 aromatic rings. The van der Waals surface area contributed by atoms with Crippen LogP contribution in [0, 0.1) is 11.6 Å². The van der Waals surface area contributed by atoms with Gasteiger partial charge in [-0.2, -0.15) is 0 Å². The van der Waals surface area contributed by atoms with Gasteiger partial charge in [0.15, 0.2) is 11.6 Å². The third kappa shape index (κ3) is 3.52. The van der Waals surface area contributed by atoms with Gasteiger partial charge in [0.25, 0.3) is 0 Å². The van der Waals surface area contributed by atoms with E-state index in [0.29, 0.717) is 18.7 Å². The Balaban J connectivity index is 2.36. The van der Waals surface area contributed by atoms with Crippen LogP contribution in [-0.4, -0.2) is 6.54 Å². The van der Waals surface area contributed by atoms with Gasteiger partial charge in [0.1, 0.15) is 11.6 Å². The molecule has 5 heteroatoms. The third-order valence-electron chi connectivity index (χ3n) is 2.56. The molecule has 0 aromatic heterocycles. The molecule has 2 N–H and O–H groups in total. The van der Waals surface area contributed by atoms with Crippen molar-refractivity contribution in [2.45, 2.75) is 6.42 Å². The lowest BCUT2D eigenvalue weighted by Crippen LogP contribution is -2.04. The molecular weight excluding hydrogens is 316 g/mol. The van der Waals surface area contributed by atoms with Gasteiger partial charge in [0.05, 0.1) is 0 Å². The van der Waals surface area contributed by atoms with Crippen molar-refractivity contribution in [2.75, 3.05) is 6.54 Å². The monoisotopic (exact) mass is 327 g/mol. The first kappa shape index (κ1) is 14.0. The van der Waals surface area contributed by atoms with Crippen molar-refractivity contribution in [1.29, 1.82) is 0 Å². The molecule has 19 heavy (non-hydrogen) atoms. The average molecular weight is 328 g/mol. The first-order chi connectivity index (χ1) is 9.10. The highest BCUT2D eigenvalue weighted by molar-refractivity contribution is 9.10. The molecule has 0 aliphatic carbocycles. The molecule has 0 aliphatic heterocycles. The largest absolute Gasteiger partial charge is 0.454 e. The maximum Gasteiger partial charge on any atom is 0.165 e. The molecule has 0 amide bonds. The average Bonchev–Trinajstić information content (AvgIpc) is 2.37. The summed E-state index contributed by atoms with van der Waals surface area (Å²) in [6, 6.07) is 8.48. The smallest absolute Gasteiger partial charge is 0.165 e. The van der Waals surface area contributed by atoms with Crippen LogP contribution in [0.2, 0.25) is 0 Å². The van der Waals surface area contributed by atoms with Crippen molar-refractivity contribution in [3.05, 3.63) is 58.1 Å². The first-order valence-electron chi connectivity index (χ1n) is 5.71. The van der Waals surface area contributed by atoms with E-state index in [9.17, 15) is 8.78 Å². The van der Waals surface area contributed by atoms with Crippen LogP contribution in [0.5, 0.6) is 11.5 Å². The number of nitrogens with two attached hydrogens (primary N) is 1. The Morgan fingerprint density at radius 3 is 2.58 bits per heavy atom. The molecule has 0 spiro atoms. The molecule has 0 heterocycles. The molecule has 0 saturated carbocycles. The summed E-state index contributed by atoms with van der Waals surface area (Å²) in [5.74, 6) is -0.840. The van der Waals surface area contributed by atoms with Gasteiger partial charge in [0.2, 0.25) is 0 Å². The molecule has 0 atom stereocenters. The number of benzene rings is 2. The molecule has 0 radical (unpaired) electrons. The summed E-state index contributed by atoms with van der Waals surface area (Å²) in [4.78, 5) is 0. The Kier molecular flexibility index (Phi) is 4.50. The number of hydrogen-bond donors (Lipinski definition) is 1. The van der Waals surface area contributed by atoms with Crippen LogP contribution < -0.4 is 10.5 Å². The number of rotatable bonds is 4. The fourth-order valence-corrected chi connectivity index (χ4v) is 2.00. The minimum atomic E-state index is -0.611. The van der Waals surface area contributed by atoms with Crippen LogP contribution >= 0.6 is 15.9 Å². The normalized spacial score (nSPS) is 10.5. The van der Waals surface area contributed by atoms with E-state index in [1.165, 1.54) is 0 Å². The fraction of sp³-hybridized carbons (Fsp3) is 0.143. The number of halogens is 3. The second-order valence-electron chi connectivity index (χ2n) is 3.97. The Morgan fingerprint density at radius 1 is 1.05 bits per heavy atom. The van der Waals surface area contributed by atoms with E-state index in [-0.39, 0.29) is 5.75 Å². The molecule has 2 aromatic carbocycles. The Bertz CT molecular complexity index is 590. The van der Waals surface area contributed by atoms with E-state index in [1.807, 2.05) is 12.1 Å². The molecule has 2 rings (SSSR count). The van der Waals surface area contributed by atoms with E-state index in [0.717, 1.165) is 28.2 Å². The zero-order valence-corrected chi connectivity index (χ0v) is 11.6. The SMILES string of the molecule is NCCc1ccc(Br)cc1Oc1cc(F)ccc1F. The quantitative estimate of drug-likeness (QED) is 0.920. The minimum Gasteiger partial charge on any atom is -0.454 e. The van der Waals surface area contributed by atoms with E-state index < -0.39 is 11.6 Å². The van der Waals surface area contributed by atoms with Gasteiger partial charge >= 0.3 is 0 Å². The van der Waals surface area contributed by atoms with Crippen molar-refractivity contribution < 1.29 is 13.5 Å². The van der Waals surface area contributed by atoms with Gasteiger partial charge in [-0.1, -0.05) is 22.0 Å². The summed E-state index contributed by atoms with van der Waals surface area (Å²) in [5, 5.41) is 0. The first-order valence-corrected chi connectivity index (χ1v) is 6.51. The predicted octanol–water partition coefficient (Wildman–Crippen LogP) is 4.02. The topological polar surface area (TPSA) is 35.2 Å². The number of hydrogen-bond acceptors (Lipinski definition) is 2. The molecular formula is C14H12BrF2NO. The molecule has 0 bridgehead atoms. The second kappa shape index (κ2) is 6.12. The van der Waals surface area contributed by atoms with Gasteiger partial charge in [-0.05, 0) is 42.8 Å². The minimum absolute atomic E-state index is 0.142. The maximum atomic E-state index is 13.5. The summed E-state index contributed by atoms with van der Waals surface area (Å²) in [6.45, 7) is 0.448. The van der Waals surface area contributed by atoms with Crippen LogP contribution in [0.4, 0.5) is 8.78 Å². The predicted molar refractivity (Wildman–Crippen MR) is 73.3 cm³/mol. The third-order valence-corrected chi connectivity index (χ3v) is 3.05. The van der Waals surface area contributed by atoms with Crippen molar-refractivity contribution in [3.63, 3.8) is 0 Å². The van der Waals surface area contributed by atoms with Gasteiger partial charge in [0, 0.05) is 10.5 Å². The molecule has 0 saturated heterocycles. The summed E-state index contributed by atoms with van der Waals surface area (Å²) in [5.41, 5.74) is 6.36. The van der Waals surface area contributed by atoms with Crippen LogP contribution in [0.25, 0.3) is 0 Å². The maximum absolute atomic E-state index is 13.5. The Morgan fingerprint density at radius 2 is 1.84 bits per heavy atom. The summed E-state index contributed by atoms with van der Waals surface area (Å²) >= 11 is 3.31. The highest BCUT2D eigenvalue weighted by atomic mass is 79.9. The lowest BCUT2D eigenvalue weighted by molar-refractivity contribution is 0.432. The van der Waals surface area contributed by atoms with E-state index >= 15 is 0 Å². The lowest BCUT2D eigenvalue weighted by atomic mass is 10.1. The standard InChI is InChI=1S/C14H12BrF2NO/c15-10-2-1-9(5-6-18)13(7-10)19-14-8-11(16)3-4-12(14)17/h1-4,7-8H,5-6,18H2. The summed E-state index contributed by atoms with van der Waals surface area (Å²) in [7, 11) is 0. The van der Waals surface area contributed by atoms with Crippen LogP contribution in [-0.2, 0) is 6.42 Å². The second-order valence-corrected chi connectivity index (χ2v) is 4.88. The fourth-order valence-electron chi connectivity index (χ4n) is 1.66. The van der Waals surface area contributed by atoms with Crippen LogP contribution in [0.15, 0.2) is 40.9 Å².